The van der Waals surface area contributed by atoms with E-state index in [1.54, 1.807) is 0 Å². The molecule has 66 valence electrons. The van der Waals surface area contributed by atoms with Gasteiger partial charge in [0.05, 0.1) is 0 Å². The fourth-order valence-electron chi connectivity index (χ4n) is 0.878. The first-order chi connectivity index (χ1) is 5.86. The lowest BCUT2D eigenvalue weighted by molar-refractivity contribution is 1.23. The third kappa shape index (κ3) is 2.74. The van der Waals surface area contributed by atoms with E-state index in [0.717, 1.165) is 17.3 Å². The van der Waals surface area contributed by atoms with Gasteiger partial charge in [-0.15, -0.1) is 0 Å². The Morgan fingerprint density at radius 3 is 2.83 bits per heavy atom. The Morgan fingerprint density at radius 2 is 2.33 bits per heavy atom. The van der Waals surface area contributed by atoms with E-state index in [0.29, 0.717) is 0 Å². The van der Waals surface area contributed by atoms with E-state index in [9.17, 15) is 0 Å². The van der Waals surface area contributed by atoms with Crippen LogP contribution in [-0.4, -0.2) is 17.8 Å². The molecular weight excluding hydrogens is 168 g/mol. The Hall–Kier alpha value is -0.700. The Kier molecular flexibility index (Phi) is 3.94. The van der Waals surface area contributed by atoms with Crippen LogP contribution in [0.2, 0.25) is 0 Å². The molecule has 1 aromatic rings. The summed E-state index contributed by atoms with van der Waals surface area (Å²) in [5, 5.41) is 2.99. The summed E-state index contributed by atoms with van der Waals surface area (Å²) < 4.78 is 0. The molecule has 0 bridgehead atoms. The van der Waals surface area contributed by atoms with Crippen molar-refractivity contribution in [3.8, 4) is 0 Å². The fourth-order valence-corrected chi connectivity index (χ4v) is 1.49. The summed E-state index contributed by atoms with van der Waals surface area (Å²) in [7, 11) is 1.88. The maximum Gasteiger partial charge on any atom is 0.125 e. The van der Waals surface area contributed by atoms with E-state index in [1.807, 2.05) is 31.1 Å². The second-order valence-corrected chi connectivity index (χ2v) is 3.71. The number of pyridine rings is 1. The first-order valence-electron chi connectivity index (χ1n) is 4.07. The molecule has 0 radical (unpaired) electrons. The van der Waals surface area contributed by atoms with Gasteiger partial charge in [0.2, 0.25) is 0 Å². The van der Waals surface area contributed by atoms with Crippen molar-refractivity contribution in [1.82, 2.24) is 4.98 Å². The summed E-state index contributed by atoms with van der Waals surface area (Å²) in [4.78, 5) is 4.23. The molecule has 0 atom stereocenters. The monoisotopic (exact) mass is 182 g/mol. The van der Waals surface area contributed by atoms with Crippen LogP contribution in [0.25, 0.3) is 0 Å². The van der Waals surface area contributed by atoms with Gasteiger partial charge in [-0.3, -0.25) is 0 Å². The number of aromatic nitrogens is 1. The highest BCUT2D eigenvalue weighted by Crippen LogP contribution is 2.11. The quantitative estimate of drug-likeness (QED) is 0.774. The normalized spacial score (nSPS) is 9.83. The van der Waals surface area contributed by atoms with E-state index in [1.165, 1.54) is 5.56 Å². The molecular formula is C9H14N2S. The van der Waals surface area contributed by atoms with Gasteiger partial charge in [0.15, 0.2) is 0 Å². The summed E-state index contributed by atoms with van der Waals surface area (Å²) in [6, 6.07) is 4.12. The van der Waals surface area contributed by atoms with Crippen LogP contribution in [0.15, 0.2) is 18.3 Å². The lowest BCUT2D eigenvalue weighted by Crippen LogP contribution is -1.92. The number of anilines is 1. The Bertz CT molecular complexity index is 220. The molecule has 0 spiro atoms. The van der Waals surface area contributed by atoms with Gasteiger partial charge in [-0.2, -0.15) is 11.8 Å². The fraction of sp³-hybridized carbons (Fsp3) is 0.444. The maximum atomic E-state index is 4.23. The van der Waals surface area contributed by atoms with Crippen molar-refractivity contribution in [1.29, 1.82) is 0 Å². The zero-order valence-corrected chi connectivity index (χ0v) is 8.32. The van der Waals surface area contributed by atoms with Gasteiger partial charge < -0.3 is 5.32 Å². The van der Waals surface area contributed by atoms with Crippen LogP contribution in [0.5, 0.6) is 0 Å². The zero-order chi connectivity index (χ0) is 8.81. The van der Waals surface area contributed by atoms with E-state index < -0.39 is 0 Å². The largest absolute Gasteiger partial charge is 0.373 e. The summed E-state index contributed by atoms with van der Waals surface area (Å²) in [5.41, 5.74) is 1.29. The van der Waals surface area contributed by atoms with E-state index in [2.05, 4.69) is 23.3 Å². The van der Waals surface area contributed by atoms with Crippen molar-refractivity contribution in [2.75, 3.05) is 18.1 Å². The molecule has 1 aromatic heterocycles. The predicted molar refractivity (Wildman–Crippen MR) is 55.6 cm³/mol. The zero-order valence-electron chi connectivity index (χ0n) is 7.50. The molecule has 0 saturated heterocycles. The number of nitrogens with one attached hydrogen (secondary N) is 1. The topological polar surface area (TPSA) is 24.9 Å². The van der Waals surface area contributed by atoms with Gasteiger partial charge in [0.1, 0.15) is 5.82 Å². The highest BCUT2D eigenvalue weighted by atomic mass is 32.2. The Labute approximate surface area is 77.8 Å². The molecule has 2 nitrogen and oxygen atoms in total. The van der Waals surface area contributed by atoms with Crippen molar-refractivity contribution < 1.29 is 0 Å². The maximum absolute atomic E-state index is 4.23. The van der Waals surface area contributed by atoms with Crippen molar-refractivity contribution in [2.24, 2.45) is 0 Å². The molecule has 0 aliphatic carbocycles. The van der Waals surface area contributed by atoms with Gasteiger partial charge in [-0.25, -0.2) is 4.98 Å². The molecule has 1 heterocycles. The third-order valence-electron chi connectivity index (χ3n) is 1.55. The van der Waals surface area contributed by atoms with Crippen LogP contribution in [0.4, 0.5) is 5.82 Å². The van der Waals surface area contributed by atoms with E-state index >= 15 is 0 Å². The molecule has 0 fully saturated rings. The minimum absolute atomic E-state index is 0.931. The molecule has 1 rings (SSSR count). The van der Waals surface area contributed by atoms with E-state index in [4.69, 9.17) is 0 Å². The first kappa shape index (κ1) is 9.39. The second kappa shape index (κ2) is 5.04. The van der Waals surface area contributed by atoms with Gasteiger partial charge in [0, 0.05) is 19.0 Å². The number of nitrogens with zero attached hydrogens (tertiary/aromatic N) is 1. The lowest BCUT2D eigenvalue weighted by Gasteiger charge is -2.01. The summed E-state index contributed by atoms with van der Waals surface area (Å²) >= 11 is 1.91. The molecule has 3 heteroatoms. The minimum atomic E-state index is 0.931. The van der Waals surface area contributed by atoms with Crippen molar-refractivity contribution in [3.05, 3.63) is 23.9 Å². The van der Waals surface area contributed by atoms with Crippen molar-refractivity contribution in [2.45, 2.75) is 12.7 Å². The number of rotatable bonds is 4. The Balaban J connectivity index is 2.53. The van der Waals surface area contributed by atoms with Gasteiger partial charge >= 0.3 is 0 Å². The number of hydrogen-bond donors (Lipinski definition) is 1. The van der Waals surface area contributed by atoms with Crippen LogP contribution in [0, 0.1) is 0 Å². The second-order valence-electron chi connectivity index (χ2n) is 2.44. The molecule has 1 N–H and O–H groups in total. The predicted octanol–water partition coefficient (Wildman–Crippen LogP) is 2.38. The first-order valence-corrected chi connectivity index (χ1v) is 5.22. The average molecular weight is 182 g/mol. The van der Waals surface area contributed by atoms with Crippen LogP contribution in [0.1, 0.15) is 12.5 Å². The minimum Gasteiger partial charge on any atom is -0.373 e. The van der Waals surface area contributed by atoms with Crippen LogP contribution >= 0.6 is 11.8 Å². The Morgan fingerprint density at radius 1 is 1.50 bits per heavy atom. The lowest BCUT2D eigenvalue weighted by atomic mass is 10.3. The average Bonchev–Trinajstić information content (AvgIpc) is 2.15. The van der Waals surface area contributed by atoms with Crippen molar-refractivity contribution >= 4 is 17.6 Å². The van der Waals surface area contributed by atoms with Crippen LogP contribution in [0.3, 0.4) is 0 Å². The number of hydrogen-bond acceptors (Lipinski definition) is 3. The number of thioether (sulfide) groups is 1. The molecule has 0 saturated carbocycles. The molecule has 0 aliphatic rings. The molecule has 0 aliphatic heterocycles. The molecule has 0 unspecified atom stereocenters. The summed E-state index contributed by atoms with van der Waals surface area (Å²) in [6.45, 7) is 2.17. The smallest absolute Gasteiger partial charge is 0.125 e. The van der Waals surface area contributed by atoms with Gasteiger partial charge in [-0.05, 0) is 17.4 Å². The van der Waals surface area contributed by atoms with Crippen LogP contribution < -0.4 is 5.32 Å². The molecule has 12 heavy (non-hydrogen) atoms. The SMILES string of the molecule is CCSCc1ccc(NC)nc1. The molecule has 0 amide bonds. The standard InChI is InChI=1S/C9H14N2S/c1-3-12-7-8-4-5-9(10-2)11-6-8/h4-6H,3,7H2,1-2H3,(H,10,11). The summed E-state index contributed by atoms with van der Waals surface area (Å²) in [5.74, 6) is 3.15. The van der Waals surface area contributed by atoms with Crippen LogP contribution in [-0.2, 0) is 5.75 Å². The highest BCUT2D eigenvalue weighted by molar-refractivity contribution is 7.98. The third-order valence-corrected chi connectivity index (χ3v) is 2.50. The van der Waals surface area contributed by atoms with Gasteiger partial charge in [-0.1, -0.05) is 13.0 Å². The van der Waals surface area contributed by atoms with Gasteiger partial charge in [0.25, 0.3) is 0 Å². The molecule has 0 aromatic carbocycles. The van der Waals surface area contributed by atoms with Crippen molar-refractivity contribution in [3.63, 3.8) is 0 Å². The van der Waals surface area contributed by atoms with E-state index in [-0.39, 0.29) is 0 Å². The summed E-state index contributed by atoms with van der Waals surface area (Å²) in [6.07, 6.45) is 1.93. The highest BCUT2D eigenvalue weighted by Gasteiger charge is 1.93.